The monoisotopic (exact) mass is 637 g/mol. The molecule has 0 unspecified atom stereocenters. The number of benzene rings is 5. The van der Waals surface area contributed by atoms with Crippen LogP contribution in [0, 0.1) is 20.8 Å². The van der Waals surface area contributed by atoms with Gasteiger partial charge in [0, 0.05) is 49.7 Å². The van der Waals surface area contributed by atoms with Crippen molar-refractivity contribution in [2.45, 2.75) is 27.2 Å². The molecular weight excluding hydrogens is 597 g/mol. The van der Waals surface area contributed by atoms with Crippen LogP contribution in [0.3, 0.4) is 0 Å². The minimum absolute atomic E-state index is 0. The largest absolute Gasteiger partial charge is 0.258 e. The van der Waals surface area contributed by atoms with Crippen molar-refractivity contribution in [2.24, 2.45) is 4.74 Å². The van der Waals surface area contributed by atoms with Gasteiger partial charge in [-0.05, 0) is 49.1 Å². The third-order valence-corrected chi connectivity index (χ3v) is 11.6. The summed E-state index contributed by atoms with van der Waals surface area (Å²) in [5.74, 6) is 0. The molecule has 0 N–H and O–H groups in total. The molecule has 0 saturated carbocycles. The van der Waals surface area contributed by atoms with Gasteiger partial charge in [-0.2, -0.15) is 0 Å². The van der Waals surface area contributed by atoms with E-state index in [0.29, 0.717) is 0 Å². The molecule has 0 aromatic heterocycles. The molecule has 0 fully saturated rings. The molecule has 0 amide bonds. The Morgan fingerprint density at radius 2 is 0.889 bits per heavy atom. The van der Waals surface area contributed by atoms with Crippen LogP contribution in [0.2, 0.25) is 0 Å². The van der Waals surface area contributed by atoms with Gasteiger partial charge in [0.25, 0.3) is 0 Å². The molecule has 0 heterocycles. The standard InChI is InChI=1S/C26H26NP.C16H14.Ti/c1-20-8-14-24(15-9-20)28(27-23-6-4-5-7-23,25-16-10-21(2)11-17-25)26-18-12-22(3)13-19-26;1-13(15-9-5-3-6-10-15)14(2)16-11-7-4-8-12-16;/h4-6,8-19H,7H2,1-3H3;3-12H,1-2H2;. The average Bonchev–Trinajstić information content (AvgIpc) is 3.58. The van der Waals surface area contributed by atoms with Crippen molar-refractivity contribution in [2.75, 3.05) is 0 Å². The van der Waals surface area contributed by atoms with Gasteiger partial charge in [-0.3, -0.25) is 4.74 Å². The molecule has 0 atom stereocenters. The number of hydrogen-bond donors (Lipinski definition) is 0. The second-order valence-electron chi connectivity index (χ2n) is 11.2. The van der Waals surface area contributed by atoms with Crippen LogP contribution >= 0.6 is 7.05 Å². The van der Waals surface area contributed by atoms with Crippen molar-refractivity contribution in [1.82, 2.24) is 0 Å². The van der Waals surface area contributed by atoms with E-state index in [-0.39, 0.29) is 21.7 Å². The maximum absolute atomic E-state index is 5.52. The summed E-state index contributed by atoms with van der Waals surface area (Å²) in [6.07, 6.45) is 7.37. The average molecular weight is 638 g/mol. The zero-order chi connectivity index (χ0) is 30.9. The van der Waals surface area contributed by atoms with Crippen LogP contribution in [0.1, 0.15) is 34.2 Å². The van der Waals surface area contributed by atoms with Gasteiger partial charge in [0.2, 0.25) is 0 Å². The third-order valence-electron chi connectivity index (χ3n) is 7.86. The summed E-state index contributed by atoms with van der Waals surface area (Å²) in [6.45, 7) is 14.6. The smallest absolute Gasteiger partial charge is 0.0608 e. The Balaban J connectivity index is 0.000000231. The summed E-state index contributed by atoms with van der Waals surface area (Å²) >= 11 is 0. The van der Waals surface area contributed by atoms with Gasteiger partial charge in [-0.1, -0.05) is 175 Å². The molecule has 0 aliphatic heterocycles. The Morgan fingerprint density at radius 1 is 0.533 bits per heavy atom. The molecule has 5 aromatic carbocycles. The summed E-state index contributed by atoms with van der Waals surface area (Å²) in [4.78, 5) is 0. The van der Waals surface area contributed by atoms with E-state index in [4.69, 9.17) is 4.74 Å². The first-order valence-electron chi connectivity index (χ1n) is 15.1. The van der Waals surface area contributed by atoms with Crippen LogP contribution in [-0.2, 0) is 21.7 Å². The molecule has 0 radical (unpaired) electrons. The molecule has 222 valence electrons. The number of aryl methyl sites for hydroxylation is 3. The molecule has 5 aromatic rings. The summed E-state index contributed by atoms with van der Waals surface area (Å²) in [7, 11) is -2.15. The maximum Gasteiger partial charge on any atom is 0.0608 e. The number of rotatable bonds is 7. The van der Waals surface area contributed by atoms with E-state index in [9.17, 15) is 0 Å². The Bertz CT molecular complexity index is 1680. The van der Waals surface area contributed by atoms with Crippen molar-refractivity contribution in [3.63, 3.8) is 0 Å². The third kappa shape index (κ3) is 8.19. The first-order valence-corrected chi connectivity index (χ1v) is 16.8. The fourth-order valence-corrected chi connectivity index (χ4v) is 8.75. The Morgan fingerprint density at radius 3 is 1.20 bits per heavy atom. The first-order chi connectivity index (χ1) is 21.4. The second-order valence-corrected chi connectivity index (χ2v) is 14.2. The van der Waals surface area contributed by atoms with Crippen LogP contribution in [0.4, 0.5) is 0 Å². The normalized spacial score (nSPS) is 11.8. The Hall–Kier alpha value is -4.00. The summed E-state index contributed by atoms with van der Waals surface area (Å²) in [5, 5.41) is 3.91. The van der Waals surface area contributed by atoms with Crippen molar-refractivity contribution in [3.05, 3.63) is 198 Å². The van der Waals surface area contributed by atoms with Gasteiger partial charge < -0.3 is 0 Å². The topological polar surface area (TPSA) is 12.4 Å². The summed E-state index contributed by atoms with van der Waals surface area (Å²) in [6, 6.07) is 47.2. The van der Waals surface area contributed by atoms with Crippen LogP contribution < -0.4 is 15.9 Å². The van der Waals surface area contributed by atoms with Crippen LogP contribution in [0.15, 0.2) is 175 Å². The minimum Gasteiger partial charge on any atom is -0.258 e. The van der Waals surface area contributed by atoms with Gasteiger partial charge >= 0.3 is 0 Å². The van der Waals surface area contributed by atoms with E-state index < -0.39 is 7.05 Å². The van der Waals surface area contributed by atoms with Crippen molar-refractivity contribution >= 4 is 34.1 Å². The fourth-order valence-electron chi connectivity index (χ4n) is 5.23. The Labute approximate surface area is 284 Å². The maximum atomic E-state index is 5.52. The molecule has 0 bridgehead atoms. The predicted octanol–water partition coefficient (Wildman–Crippen LogP) is 10.3. The van der Waals surface area contributed by atoms with E-state index in [1.807, 2.05) is 36.4 Å². The van der Waals surface area contributed by atoms with Crippen LogP contribution in [-0.4, -0.2) is 0 Å². The zero-order valence-corrected chi connectivity index (χ0v) is 28.9. The molecular formula is C42H40NPTi. The molecule has 1 aliphatic carbocycles. The number of allylic oxidation sites excluding steroid dienone is 5. The van der Waals surface area contributed by atoms with Crippen LogP contribution in [0.5, 0.6) is 0 Å². The number of hydrogen-bond acceptors (Lipinski definition) is 1. The molecule has 3 heteroatoms. The second kappa shape index (κ2) is 15.8. The quantitative estimate of drug-likeness (QED) is 0.0957. The molecule has 0 saturated heterocycles. The van der Waals surface area contributed by atoms with Crippen molar-refractivity contribution in [3.8, 4) is 0 Å². The Kier molecular flexibility index (Phi) is 11.9. The van der Waals surface area contributed by atoms with Crippen molar-refractivity contribution in [1.29, 1.82) is 0 Å². The van der Waals surface area contributed by atoms with E-state index in [0.717, 1.165) is 34.4 Å². The van der Waals surface area contributed by atoms with Crippen molar-refractivity contribution < 1.29 is 21.7 Å². The van der Waals surface area contributed by atoms with Gasteiger partial charge in [-0.15, -0.1) is 0 Å². The van der Waals surface area contributed by atoms with Gasteiger partial charge in [-0.25, -0.2) is 0 Å². The number of nitrogens with zero attached hydrogens (tertiary/aromatic N) is 1. The van der Waals surface area contributed by atoms with Gasteiger partial charge in [0.1, 0.15) is 0 Å². The van der Waals surface area contributed by atoms with Gasteiger partial charge in [0.15, 0.2) is 0 Å². The molecule has 0 spiro atoms. The SMILES string of the molecule is C=C(C(=C)c1ccccc1)c1ccccc1.Cc1ccc(P(=NC2=CC=CC2)(c2ccc(C)cc2)c2ccc(C)cc2)cc1.[Ti]. The summed E-state index contributed by atoms with van der Waals surface area (Å²) < 4.78 is 5.52. The molecule has 1 nitrogen and oxygen atoms in total. The molecule has 1 aliphatic rings. The first kappa shape index (κ1) is 33.9. The minimum atomic E-state index is -2.15. The van der Waals surface area contributed by atoms with E-state index >= 15 is 0 Å². The van der Waals surface area contributed by atoms with E-state index in [2.05, 4.69) is 149 Å². The van der Waals surface area contributed by atoms with Gasteiger partial charge in [0.05, 0.1) is 7.05 Å². The predicted molar refractivity (Wildman–Crippen MR) is 195 cm³/mol. The molecule has 45 heavy (non-hydrogen) atoms. The summed E-state index contributed by atoms with van der Waals surface area (Å²) in [5.41, 5.74) is 9.19. The zero-order valence-electron chi connectivity index (χ0n) is 26.4. The van der Waals surface area contributed by atoms with E-state index in [1.165, 1.54) is 32.6 Å². The van der Waals surface area contributed by atoms with E-state index in [1.54, 1.807) is 0 Å². The van der Waals surface area contributed by atoms with Crippen LogP contribution in [0.25, 0.3) is 11.1 Å². The molecule has 6 rings (SSSR count). The fraction of sp³-hybridized carbons (Fsp3) is 0.0952.